The Morgan fingerprint density at radius 1 is 0.284 bits per heavy atom. The van der Waals surface area contributed by atoms with Crippen LogP contribution in [0.2, 0.25) is 0 Å². The first-order valence-corrected chi connectivity index (χ1v) is 31.6. The molecule has 0 aromatic heterocycles. The van der Waals surface area contributed by atoms with Crippen molar-refractivity contribution in [2.45, 2.75) is 316 Å². The molecule has 0 N–H and O–H groups in total. The zero-order valence-corrected chi connectivity index (χ0v) is 48.8. The highest BCUT2D eigenvalue weighted by Gasteiger charge is 2.19. The first kappa shape index (κ1) is 70.6. The summed E-state index contributed by atoms with van der Waals surface area (Å²) in [5.41, 5.74) is 0. The lowest BCUT2D eigenvalue weighted by Crippen LogP contribution is -2.30. The third-order valence-electron chi connectivity index (χ3n) is 13.6. The highest BCUT2D eigenvalue weighted by Crippen LogP contribution is 2.17. The van der Waals surface area contributed by atoms with Crippen LogP contribution in [0.15, 0.2) is 85.1 Å². The van der Waals surface area contributed by atoms with Crippen molar-refractivity contribution in [3.63, 3.8) is 0 Å². The number of hydrogen-bond donors (Lipinski definition) is 0. The number of esters is 3. The van der Waals surface area contributed by atoms with E-state index in [1.807, 2.05) is 0 Å². The lowest BCUT2D eigenvalue weighted by atomic mass is 10.0. The Kier molecular flexibility index (Phi) is 59.3. The molecular formula is C68H118O6. The Balaban J connectivity index is 4.32. The van der Waals surface area contributed by atoms with Gasteiger partial charge in [-0.1, -0.05) is 286 Å². The van der Waals surface area contributed by atoms with Crippen molar-refractivity contribution in [3.05, 3.63) is 85.1 Å². The summed E-state index contributed by atoms with van der Waals surface area (Å²) in [5.74, 6) is -0.888. The van der Waals surface area contributed by atoms with E-state index >= 15 is 0 Å². The Labute approximate surface area is 458 Å². The number of rotatable bonds is 57. The molecule has 1 unspecified atom stereocenters. The molecule has 0 spiro atoms. The Hall–Kier alpha value is -3.41. The second kappa shape index (κ2) is 62.1. The van der Waals surface area contributed by atoms with Crippen LogP contribution in [0.5, 0.6) is 0 Å². The predicted molar refractivity (Wildman–Crippen MR) is 321 cm³/mol. The third kappa shape index (κ3) is 59.5. The van der Waals surface area contributed by atoms with E-state index in [9.17, 15) is 14.4 Å². The van der Waals surface area contributed by atoms with Crippen molar-refractivity contribution in [2.75, 3.05) is 13.2 Å². The molecule has 0 fully saturated rings. The summed E-state index contributed by atoms with van der Waals surface area (Å²) < 4.78 is 16.9. The van der Waals surface area contributed by atoms with Crippen LogP contribution in [-0.4, -0.2) is 37.2 Å². The molecule has 74 heavy (non-hydrogen) atoms. The summed E-state index contributed by atoms with van der Waals surface area (Å²) in [5, 5.41) is 0. The van der Waals surface area contributed by atoms with Crippen molar-refractivity contribution in [1.82, 2.24) is 0 Å². The van der Waals surface area contributed by atoms with Gasteiger partial charge in [0.2, 0.25) is 0 Å². The first-order valence-electron chi connectivity index (χ1n) is 31.6. The maximum absolute atomic E-state index is 12.9. The lowest BCUT2D eigenvalue weighted by Gasteiger charge is -2.18. The van der Waals surface area contributed by atoms with Gasteiger partial charge in [-0.3, -0.25) is 14.4 Å². The van der Waals surface area contributed by atoms with E-state index in [0.717, 1.165) is 122 Å². The number of hydrogen-bond acceptors (Lipinski definition) is 6. The van der Waals surface area contributed by atoms with E-state index in [4.69, 9.17) is 14.2 Å². The predicted octanol–water partition coefficient (Wildman–Crippen LogP) is 21.5. The van der Waals surface area contributed by atoms with Crippen LogP contribution in [0.1, 0.15) is 310 Å². The highest BCUT2D eigenvalue weighted by molar-refractivity contribution is 5.71. The molecule has 0 amide bonds. The molecule has 0 aliphatic carbocycles. The Morgan fingerprint density at radius 3 is 0.878 bits per heavy atom. The smallest absolute Gasteiger partial charge is 0.306 e. The van der Waals surface area contributed by atoms with Gasteiger partial charge in [0.1, 0.15) is 13.2 Å². The molecular weight excluding hydrogens is 913 g/mol. The van der Waals surface area contributed by atoms with Gasteiger partial charge in [-0.05, 0) is 89.9 Å². The van der Waals surface area contributed by atoms with Crippen molar-refractivity contribution < 1.29 is 28.6 Å². The fourth-order valence-electron chi connectivity index (χ4n) is 8.92. The minimum Gasteiger partial charge on any atom is -0.462 e. The summed E-state index contributed by atoms with van der Waals surface area (Å²) >= 11 is 0. The maximum Gasteiger partial charge on any atom is 0.306 e. The van der Waals surface area contributed by atoms with Crippen molar-refractivity contribution in [2.24, 2.45) is 0 Å². The van der Waals surface area contributed by atoms with E-state index in [0.29, 0.717) is 19.3 Å². The van der Waals surface area contributed by atoms with E-state index in [1.54, 1.807) is 0 Å². The second-order valence-electron chi connectivity index (χ2n) is 20.9. The fourth-order valence-corrected chi connectivity index (χ4v) is 8.92. The number of allylic oxidation sites excluding steroid dienone is 14. The van der Waals surface area contributed by atoms with Gasteiger partial charge in [0.05, 0.1) is 0 Å². The minimum absolute atomic E-state index is 0.0818. The van der Waals surface area contributed by atoms with E-state index in [2.05, 4.69) is 106 Å². The van der Waals surface area contributed by atoms with E-state index < -0.39 is 6.10 Å². The molecule has 1 atom stereocenters. The minimum atomic E-state index is -0.784. The molecule has 0 aliphatic heterocycles. The van der Waals surface area contributed by atoms with Crippen LogP contribution < -0.4 is 0 Å². The maximum atomic E-state index is 12.9. The van der Waals surface area contributed by atoms with Gasteiger partial charge in [-0.15, -0.1) is 0 Å². The molecule has 0 bridgehead atoms. The second-order valence-corrected chi connectivity index (χ2v) is 20.9. The first-order chi connectivity index (χ1) is 36.5. The molecule has 0 aliphatic rings. The number of carbonyl (C=O) groups is 3. The van der Waals surface area contributed by atoms with E-state index in [1.165, 1.54) is 148 Å². The lowest BCUT2D eigenvalue weighted by molar-refractivity contribution is -0.167. The zero-order chi connectivity index (χ0) is 53.6. The van der Waals surface area contributed by atoms with Gasteiger partial charge in [0, 0.05) is 19.3 Å². The molecule has 0 saturated carbocycles. The van der Waals surface area contributed by atoms with Crippen LogP contribution in [0.4, 0.5) is 0 Å². The van der Waals surface area contributed by atoms with Gasteiger partial charge in [-0.2, -0.15) is 0 Å². The third-order valence-corrected chi connectivity index (χ3v) is 13.6. The number of unbranched alkanes of at least 4 members (excludes halogenated alkanes) is 32. The molecule has 0 heterocycles. The summed E-state index contributed by atoms with van der Waals surface area (Å²) in [4.78, 5) is 38.3. The SMILES string of the molecule is CC/C=C\C/C=C\C/C=C\C/C=C\C/C=C\CCCCCCCCCCCC(=O)OCC(COC(=O)CCCCCCC/C=C\C/C=C\CCC)OC(=O)CCCCCCCCCCCCCCCCCCCC. The van der Waals surface area contributed by atoms with Crippen LogP contribution in [0, 0.1) is 0 Å². The van der Waals surface area contributed by atoms with Crippen LogP contribution in [-0.2, 0) is 28.6 Å². The number of ether oxygens (including phenoxy) is 3. The summed E-state index contributed by atoms with van der Waals surface area (Å²) in [7, 11) is 0. The van der Waals surface area contributed by atoms with E-state index in [-0.39, 0.29) is 31.1 Å². The summed E-state index contributed by atoms with van der Waals surface area (Å²) in [6, 6.07) is 0. The van der Waals surface area contributed by atoms with Gasteiger partial charge in [-0.25, -0.2) is 0 Å². The quantitative estimate of drug-likeness (QED) is 0.0261. The highest BCUT2D eigenvalue weighted by atomic mass is 16.6. The summed E-state index contributed by atoms with van der Waals surface area (Å²) in [6.07, 6.45) is 81.6. The summed E-state index contributed by atoms with van der Waals surface area (Å²) in [6.45, 7) is 6.48. The monoisotopic (exact) mass is 1030 g/mol. The molecule has 0 aromatic rings. The number of carbonyl (C=O) groups excluding carboxylic acids is 3. The Bertz CT molecular complexity index is 1420. The van der Waals surface area contributed by atoms with Crippen molar-refractivity contribution in [1.29, 1.82) is 0 Å². The largest absolute Gasteiger partial charge is 0.462 e. The Morgan fingerprint density at radius 2 is 0.554 bits per heavy atom. The zero-order valence-electron chi connectivity index (χ0n) is 48.8. The van der Waals surface area contributed by atoms with Gasteiger partial charge in [0.15, 0.2) is 6.10 Å². The van der Waals surface area contributed by atoms with Crippen molar-refractivity contribution in [3.8, 4) is 0 Å². The molecule has 6 heteroatoms. The van der Waals surface area contributed by atoms with Gasteiger partial charge >= 0.3 is 17.9 Å². The van der Waals surface area contributed by atoms with Gasteiger partial charge in [0.25, 0.3) is 0 Å². The molecule has 0 aromatic carbocycles. The molecule has 6 nitrogen and oxygen atoms in total. The average molecular weight is 1030 g/mol. The average Bonchev–Trinajstić information content (AvgIpc) is 3.40. The normalized spacial score (nSPS) is 12.6. The molecule has 0 rings (SSSR count). The van der Waals surface area contributed by atoms with Gasteiger partial charge < -0.3 is 14.2 Å². The van der Waals surface area contributed by atoms with Crippen LogP contribution in [0.3, 0.4) is 0 Å². The van der Waals surface area contributed by atoms with Crippen LogP contribution >= 0.6 is 0 Å². The topological polar surface area (TPSA) is 78.9 Å². The molecule has 426 valence electrons. The molecule has 0 radical (unpaired) electrons. The fraction of sp³-hybridized carbons (Fsp3) is 0.750. The molecule has 0 saturated heterocycles. The van der Waals surface area contributed by atoms with Crippen LogP contribution in [0.25, 0.3) is 0 Å². The standard InChI is InChI=1S/C68H118O6/c1-4-7-10-13-16-19-22-25-27-29-31-32-33-34-35-36-37-39-40-43-46-49-52-55-58-61-67(70)73-64-65(63-72-66(69)60-57-54-51-48-45-42-24-21-18-15-12-9-6-3)74-68(71)62-59-56-53-50-47-44-41-38-30-28-26-23-20-17-14-11-8-5-2/h7,10,12,15-16,19,21,24-25,27,31-32,34-35,65H,4-6,8-9,11,13-14,17-18,20,22-23,26,28-30,33,36-64H2,1-3H3/b10-7-,15-12-,19-16-,24-21-,27-25-,32-31-,35-34-. The van der Waals surface area contributed by atoms with Crippen molar-refractivity contribution >= 4 is 17.9 Å².